The first-order valence-electron chi connectivity index (χ1n) is 7.76. The average Bonchev–Trinajstić information content (AvgIpc) is 2.90. The molecule has 2 heterocycles. The van der Waals surface area contributed by atoms with Gasteiger partial charge >= 0.3 is 6.18 Å². The smallest absolute Gasteiger partial charge is 0.321 e. The third-order valence-electron chi connectivity index (χ3n) is 4.03. The Morgan fingerprint density at radius 1 is 1.20 bits per heavy atom. The van der Waals surface area contributed by atoms with Crippen LogP contribution in [0.4, 0.5) is 18.9 Å². The number of nitrogens with zero attached hydrogens (tertiary/aromatic N) is 2. The maximum Gasteiger partial charge on any atom is 0.418 e. The Bertz CT molecular complexity index is 944. The molecule has 0 spiro atoms. The topological polar surface area (TPSA) is 46.4 Å². The first kappa shape index (κ1) is 17.0. The number of benzene rings is 1. The van der Waals surface area contributed by atoms with Crippen LogP contribution in [0.3, 0.4) is 0 Å². The molecule has 0 aliphatic rings. The molecule has 1 aromatic carbocycles. The number of amides is 1. The molecule has 0 aliphatic heterocycles. The van der Waals surface area contributed by atoms with Crippen molar-refractivity contribution in [1.82, 2.24) is 9.38 Å². The van der Waals surface area contributed by atoms with Crippen LogP contribution in [-0.2, 0) is 12.6 Å². The van der Waals surface area contributed by atoms with E-state index < -0.39 is 17.6 Å². The molecule has 0 fully saturated rings. The lowest BCUT2D eigenvalue weighted by Gasteiger charge is -2.13. The summed E-state index contributed by atoms with van der Waals surface area (Å²) >= 11 is 0. The summed E-state index contributed by atoms with van der Waals surface area (Å²) in [7, 11) is 0. The molecule has 1 N–H and O–H groups in total. The molecule has 0 atom stereocenters. The Balaban J connectivity index is 1.95. The molecule has 3 aromatic rings. The van der Waals surface area contributed by atoms with E-state index in [9.17, 15) is 18.0 Å². The number of anilines is 1. The van der Waals surface area contributed by atoms with E-state index in [1.165, 1.54) is 18.2 Å². The van der Waals surface area contributed by atoms with Crippen molar-refractivity contribution in [3.63, 3.8) is 0 Å². The fourth-order valence-electron chi connectivity index (χ4n) is 2.71. The third-order valence-corrected chi connectivity index (χ3v) is 4.03. The summed E-state index contributed by atoms with van der Waals surface area (Å²) < 4.78 is 40.9. The Morgan fingerprint density at radius 2 is 1.92 bits per heavy atom. The number of alkyl halides is 3. The summed E-state index contributed by atoms with van der Waals surface area (Å²) in [5.74, 6) is -0.607. The number of fused-ring (bicyclic) bond motifs is 1. The maximum atomic E-state index is 13.0. The number of imidazole rings is 1. The van der Waals surface area contributed by atoms with Gasteiger partial charge in [-0.1, -0.05) is 19.1 Å². The van der Waals surface area contributed by atoms with Gasteiger partial charge in [-0.25, -0.2) is 4.98 Å². The molecule has 0 bridgehead atoms. The highest BCUT2D eigenvalue weighted by Gasteiger charge is 2.33. The number of aromatic nitrogens is 2. The molecule has 2 aromatic heterocycles. The van der Waals surface area contributed by atoms with Crippen LogP contribution in [0.1, 0.15) is 34.2 Å². The first-order chi connectivity index (χ1) is 11.8. The van der Waals surface area contributed by atoms with Crippen LogP contribution < -0.4 is 5.32 Å². The number of para-hydroxylation sites is 1. The SMILES string of the molecule is CCc1nc2ccc(C(=O)Nc3ccccc3C(F)(F)F)cn2c1C. The van der Waals surface area contributed by atoms with Gasteiger partial charge in [-0.15, -0.1) is 0 Å². The summed E-state index contributed by atoms with van der Waals surface area (Å²) in [5.41, 5.74) is 1.63. The second kappa shape index (κ2) is 6.23. The van der Waals surface area contributed by atoms with Crippen LogP contribution in [0.25, 0.3) is 5.65 Å². The summed E-state index contributed by atoms with van der Waals surface area (Å²) in [6, 6.07) is 8.12. The van der Waals surface area contributed by atoms with E-state index in [-0.39, 0.29) is 11.3 Å². The van der Waals surface area contributed by atoms with Crippen molar-refractivity contribution >= 4 is 17.2 Å². The monoisotopic (exact) mass is 347 g/mol. The Morgan fingerprint density at radius 3 is 2.60 bits per heavy atom. The summed E-state index contributed by atoms with van der Waals surface area (Å²) in [6.07, 6.45) is -2.19. The van der Waals surface area contributed by atoms with E-state index in [0.717, 1.165) is 23.9 Å². The van der Waals surface area contributed by atoms with Gasteiger partial charge in [0.25, 0.3) is 5.91 Å². The van der Waals surface area contributed by atoms with E-state index >= 15 is 0 Å². The van der Waals surface area contributed by atoms with Crippen LogP contribution in [0.5, 0.6) is 0 Å². The fraction of sp³-hybridized carbons (Fsp3) is 0.222. The number of halogens is 3. The van der Waals surface area contributed by atoms with Gasteiger partial charge in [0.1, 0.15) is 5.65 Å². The molecule has 25 heavy (non-hydrogen) atoms. The molecule has 1 amide bonds. The molecular weight excluding hydrogens is 331 g/mol. The van der Waals surface area contributed by atoms with Crippen LogP contribution in [0, 0.1) is 6.92 Å². The second-order valence-corrected chi connectivity index (χ2v) is 5.64. The normalized spacial score (nSPS) is 11.7. The second-order valence-electron chi connectivity index (χ2n) is 5.64. The lowest BCUT2D eigenvalue weighted by molar-refractivity contribution is -0.136. The number of carbonyl (C=O) groups excluding carboxylic acids is 1. The van der Waals surface area contributed by atoms with Gasteiger partial charge in [0.15, 0.2) is 0 Å². The number of pyridine rings is 1. The number of hydrogen-bond donors (Lipinski definition) is 1. The number of rotatable bonds is 3. The molecule has 0 radical (unpaired) electrons. The van der Waals surface area contributed by atoms with Crippen molar-refractivity contribution in [3.05, 3.63) is 65.1 Å². The summed E-state index contributed by atoms with van der Waals surface area (Å²) in [6.45, 7) is 3.87. The molecule has 0 unspecified atom stereocenters. The fourth-order valence-corrected chi connectivity index (χ4v) is 2.71. The first-order valence-corrected chi connectivity index (χ1v) is 7.76. The molecule has 3 rings (SSSR count). The zero-order valence-electron chi connectivity index (χ0n) is 13.7. The predicted molar refractivity (Wildman–Crippen MR) is 88.7 cm³/mol. The quantitative estimate of drug-likeness (QED) is 0.759. The van der Waals surface area contributed by atoms with Crippen LogP contribution in [-0.4, -0.2) is 15.3 Å². The van der Waals surface area contributed by atoms with Gasteiger partial charge in [-0.3, -0.25) is 4.79 Å². The minimum atomic E-state index is -4.54. The van der Waals surface area contributed by atoms with Crippen molar-refractivity contribution < 1.29 is 18.0 Å². The van der Waals surface area contributed by atoms with E-state index in [1.54, 1.807) is 22.7 Å². The molecule has 0 saturated carbocycles. The Hall–Kier alpha value is -2.83. The lowest BCUT2D eigenvalue weighted by atomic mass is 10.1. The molecule has 0 saturated heterocycles. The standard InChI is InChI=1S/C18H16F3N3O/c1-3-14-11(2)24-10-12(8-9-16(24)22-14)17(25)23-15-7-5-4-6-13(15)18(19,20)21/h4-10H,3H2,1-2H3,(H,23,25). The highest BCUT2D eigenvalue weighted by molar-refractivity contribution is 6.04. The van der Waals surface area contributed by atoms with Gasteiger partial charge in [-0.2, -0.15) is 13.2 Å². The molecule has 0 aliphatic carbocycles. The van der Waals surface area contributed by atoms with Gasteiger partial charge in [-0.05, 0) is 37.6 Å². The van der Waals surface area contributed by atoms with E-state index in [2.05, 4.69) is 10.3 Å². The van der Waals surface area contributed by atoms with Gasteiger partial charge < -0.3 is 9.72 Å². The van der Waals surface area contributed by atoms with Crippen molar-refractivity contribution in [2.75, 3.05) is 5.32 Å². The number of carbonyl (C=O) groups is 1. The summed E-state index contributed by atoms with van der Waals surface area (Å²) in [4.78, 5) is 16.9. The molecule has 130 valence electrons. The van der Waals surface area contributed by atoms with Gasteiger partial charge in [0, 0.05) is 11.9 Å². The van der Waals surface area contributed by atoms with Crippen LogP contribution in [0.15, 0.2) is 42.6 Å². The average molecular weight is 347 g/mol. The van der Waals surface area contributed by atoms with Crippen LogP contribution in [0.2, 0.25) is 0 Å². The minimum absolute atomic E-state index is 0.257. The highest BCUT2D eigenvalue weighted by atomic mass is 19.4. The molecule has 4 nitrogen and oxygen atoms in total. The van der Waals surface area contributed by atoms with Crippen molar-refractivity contribution in [3.8, 4) is 0 Å². The van der Waals surface area contributed by atoms with Gasteiger partial charge in [0.05, 0.1) is 22.5 Å². The summed E-state index contributed by atoms with van der Waals surface area (Å²) in [5, 5.41) is 2.35. The zero-order valence-corrected chi connectivity index (χ0v) is 13.7. The predicted octanol–water partition coefficient (Wildman–Crippen LogP) is 4.48. The molecular formula is C18H16F3N3O. The van der Waals surface area contributed by atoms with E-state index in [0.29, 0.717) is 5.65 Å². The zero-order chi connectivity index (χ0) is 18.2. The van der Waals surface area contributed by atoms with Crippen molar-refractivity contribution in [1.29, 1.82) is 0 Å². The lowest BCUT2D eigenvalue weighted by Crippen LogP contribution is -2.17. The Labute approximate surface area is 142 Å². The Kier molecular flexibility index (Phi) is 4.24. The van der Waals surface area contributed by atoms with E-state index in [1.807, 2.05) is 13.8 Å². The van der Waals surface area contributed by atoms with Gasteiger partial charge in [0.2, 0.25) is 0 Å². The van der Waals surface area contributed by atoms with E-state index in [4.69, 9.17) is 0 Å². The van der Waals surface area contributed by atoms with Crippen molar-refractivity contribution in [2.24, 2.45) is 0 Å². The minimum Gasteiger partial charge on any atom is -0.321 e. The number of nitrogens with one attached hydrogen (secondary N) is 1. The number of hydrogen-bond acceptors (Lipinski definition) is 2. The highest BCUT2D eigenvalue weighted by Crippen LogP contribution is 2.34. The number of aryl methyl sites for hydroxylation is 2. The maximum absolute atomic E-state index is 13.0. The van der Waals surface area contributed by atoms with Crippen LogP contribution >= 0.6 is 0 Å². The molecule has 7 heteroatoms. The van der Waals surface area contributed by atoms with Crippen molar-refractivity contribution in [2.45, 2.75) is 26.4 Å². The third kappa shape index (κ3) is 3.22. The largest absolute Gasteiger partial charge is 0.418 e.